The summed E-state index contributed by atoms with van der Waals surface area (Å²) in [4.78, 5) is 8.45. The Bertz CT molecular complexity index is 850. The van der Waals surface area contributed by atoms with Crippen LogP contribution < -0.4 is 15.4 Å². The number of ether oxygens (including phenoxy) is 1. The molecule has 0 saturated carbocycles. The summed E-state index contributed by atoms with van der Waals surface area (Å²) in [6, 6.07) is 11.7. The first kappa shape index (κ1) is 17.9. The van der Waals surface area contributed by atoms with Crippen molar-refractivity contribution >= 4 is 17.3 Å². The molecule has 0 spiro atoms. The van der Waals surface area contributed by atoms with E-state index < -0.39 is 0 Å². The van der Waals surface area contributed by atoms with Crippen LogP contribution in [0.3, 0.4) is 0 Å². The van der Waals surface area contributed by atoms with Gasteiger partial charge in [0.1, 0.15) is 11.6 Å². The summed E-state index contributed by atoms with van der Waals surface area (Å²) in [7, 11) is 1.73. The normalized spacial score (nSPS) is 11.2. The first-order valence-electron chi connectivity index (χ1n) is 8.07. The lowest BCUT2D eigenvalue weighted by Crippen LogP contribution is -2.36. The van der Waals surface area contributed by atoms with E-state index in [4.69, 9.17) is 4.74 Å². The molecule has 0 bridgehead atoms. The molecule has 3 aromatic rings. The lowest BCUT2D eigenvalue weighted by Gasteiger charge is -2.11. The highest BCUT2D eigenvalue weighted by atomic mass is 32.1. The second-order valence-corrected chi connectivity index (χ2v) is 6.26. The highest BCUT2D eigenvalue weighted by Gasteiger charge is 2.03. The van der Waals surface area contributed by atoms with Crippen LogP contribution in [0, 0.1) is 5.82 Å². The van der Waals surface area contributed by atoms with Crippen molar-refractivity contribution in [2.75, 3.05) is 7.05 Å². The van der Waals surface area contributed by atoms with Crippen molar-refractivity contribution in [3.63, 3.8) is 0 Å². The van der Waals surface area contributed by atoms with E-state index in [-0.39, 0.29) is 5.82 Å². The maximum atomic E-state index is 13.2. The molecule has 0 aliphatic heterocycles. The SMILES string of the molecule is CN=C(NCc1ccc(Oc2cccc(F)c2)nc1)NCc1ccsc1. The Labute approximate surface area is 155 Å². The molecule has 0 fully saturated rings. The topological polar surface area (TPSA) is 58.5 Å². The Kier molecular flexibility index (Phi) is 6.16. The summed E-state index contributed by atoms with van der Waals surface area (Å²) in [6.07, 6.45) is 1.72. The van der Waals surface area contributed by atoms with Gasteiger partial charge in [-0.1, -0.05) is 12.1 Å². The van der Waals surface area contributed by atoms with Crippen LogP contribution in [0.4, 0.5) is 4.39 Å². The average molecular weight is 370 g/mol. The van der Waals surface area contributed by atoms with Crippen LogP contribution >= 0.6 is 11.3 Å². The fourth-order valence-electron chi connectivity index (χ4n) is 2.21. The monoisotopic (exact) mass is 370 g/mol. The minimum atomic E-state index is -0.343. The van der Waals surface area contributed by atoms with Gasteiger partial charge in [0.05, 0.1) is 0 Å². The summed E-state index contributed by atoms with van der Waals surface area (Å²) in [5.41, 5.74) is 2.20. The summed E-state index contributed by atoms with van der Waals surface area (Å²) in [6.45, 7) is 1.30. The number of rotatable bonds is 6. The Balaban J connectivity index is 1.50. The number of thiophene rings is 1. The molecule has 0 unspecified atom stereocenters. The highest BCUT2D eigenvalue weighted by Crippen LogP contribution is 2.19. The molecule has 3 rings (SSSR count). The molecule has 5 nitrogen and oxygen atoms in total. The van der Waals surface area contributed by atoms with Gasteiger partial charge < -0.3 is 15.4 Å². The van der Waals surface area contributed by atoms with Gasteiger partial charge in [-0.3, -0.25) is 4.99 Å². The third kappa shape index (κ3) is 5.29. The van der Waals surface area contributed by atoms with Crippen LogP contribution in [0.1, 0.15) is 11.1 Å². The summed E-state index contributed by atoms with van der Waals surface area (Å²) in [5.74, 6) is 1.21. The molecule has 0 aliphatic carbocycles. The fourth-order valence-corrected chi connectivity index (χ4v) is 2.88. The molecule has 0 aliphatic rings. The predicted molar refractivity (Wildman–Crippen MR) is 102 cm³/mol. The molecule has 2 N–H and O–H groups in total. The van der Waals surface area contributed by atoms with Crippen LogP contribution in [0.25, 0.3) is 0 Å². The van der Waals surface area contributed by atoms with Gasteiger partial charge in [-0.15, -0.1) is 0 Å². The smallest absolute Gasteiger partial charge is 0.219 e. The largest absolute Gasteiger partial charge is 0.439 e. The quantitative estimate of drug-likeness (QED) is 0.510. The Morgan fingerprint density at radius 3 is 2.65 bits per heavy atom. The molecule has 0 amide bonds. The van der Waals surface area contributed by atoms with Gasteiger partial charge in [0.2, 0.25) is 5.88 Å². The zero-order valence-corrected chi connectivity index (χ0v) is 15.1. The van der Waals surface area contributed by atoms with E-state index in [1.54, 1.807) is 42.8 Å². The Morgan fingerprint density at radius 1 is 1.15 bits per heavy atom. The van der Waals surface area contributed by atoms with Crippen LogP contribution in [-0.2, 0) is 13.1 Å². The number of guanidine groups is 1. The third-order valence-corrected chi connectivity index (χ3v) is 4.27. The highest BCUT2D eigenvalue weighted by molar-refractivity contribution is 7.07. The zero-order valence-electron chi connectivity index (χ0n) is 14.3. The van der Waals surface area contributed by atoms with Crippen molar-refractivity contribution < 1.29 is 9.13 Å². The molecule has 0 atom stereocenters. The number of hydrogen-bond donors (Lipinski definition) is 2. The van der Waals surface area contributed by atoms with E-state index in [1.807, 2.05) is 11.4 Å². The standard InChI is InChI=1S/C19H19FN4OS/c1-21-19(24-12-15-7-8-26-13-15)23-11-14-5-6-18(22-10-14)25-17-4-2-3-16(20)9-17/h2-10,13H,11-12H2,1H3,(H2,21,23,24). The van der Waals surface area contributed by atoms with E-state index in [2.05, 4.69) is 32.1 Å². The number of nitrogens with zero attached hydrogens (tertiary/aromatic N) is 2. The number of benzene rings is 1. The van der Waals surface area contributed by atoms with E-state index in [1.165, 1.54) is 17.7 Å². The molecule has 2 heterocycles. The van der Waals surface area contributed by atoms with Gasteiger partial charge in [-0.25, -0.2) is 9.37 Å². The molecule has 0 radical (unpaired) electrons. The van der Waals surface area contributed by atoms with Crippen molar-refractivity contribution in [2.45, 2.75) is 13.1 Å². The molecule has 7 heteroatoms. The fraction of sp³-hybridized carbons (Fsp3) is 0.158. The lowest BCUT2D eigenvalue weighted by molar-refractivity contribution is 0.457. The maximum absolute atomic E-state index is 13.2. The van der Waals surface area contributed by atoms with Crippen molar-refractivity contribution in [1.82, 2.24) is 15.6 Å². The minimum absolute atomic E-state index is 0.343. The van der Waals surface area contributed by atoms with Crippen LogP contribution in [-0.4, -0.2) is 18.0 Å². The lowest BCUT2D eigenvalue weighted by atomic mass is 10.3. The summed E-state index contributed by atoms with van der Waals surface area (Å²) < 4.78 is 18.7. The van der Waals surface area contributed by atoms with Gasteiger partial charge in [-0.2, -0.15) is 11.3 Å². The van der Waals surface area contributed by atoms with E-state index in [0.717, 1.165) is 18.1 Å². The van der Waals surface area contributed by atoms with Gasteiger partial charge in [-0.05, 0) is 40.1 Å². The average Bonchev–Trinajstić information content (AvgIpc) is 3.17. The van der Waals surface area contributed by atoms with Crippen molar-refractivity contribution in [3.8, 4) is 11.6 Å². The number of pyridine rings is 1. The summed E-state index contributed by atoms with van der Waals surface area (Å²) >= 11 is 1.67. The van der Waals surface area contributed by atoms with E-state index >= 15 is 0 Å². The Morgan fingerprint density at radius 2 is 2.00 bits per heavy atom. The van der Waals surface area contributed by atoms with Crippen molar-refractivity contribution in [1.29, 1.82) is 0 Å². The van der Waals surface area contributed by atoms with Crippen LogP contribution in [0.15, 0.2) is 64.4 Å². The van der Waals surface area contributed by atoms with Crippen LogP contribution in [0.2, 0.25) is 0 Å². The third-order valence-electron chi connectivity index (χ3n) is 3.54. The summed E-state index contributed by atoms with van der Waals surface area (Å²) in [5, 5.41) is 10.6. The van der Waals surface area contributed by atoms with E-state index in [9.17, 15) is 4.39 Å². The molecule has 1 aromatic carbocycles. The minimum Gasteiger partial charge on any atom is -0.439 e. The second kappa shape index (κ2) is 8.96. The first-order valence-corrected chi connectivity index (χ1v) is 9.01. The number of aliphatic imine (C=N–C) groups is 1. The molecular weight excluding hydrogens is 351 g/mol. The van der Waals surface area contributed by atoms with Gasteiger partial charge in [0.15, 0.2) is 5.96 Å². The zero-order chi connectivity index (χ0) is 18.2. The van der Waals surface area contributed by atoms with Gasteiger partial charge >= 0.3 is 0 Å². The number of halogens is 1. The van der Waals surface area contributed by atoms with Crippen molar-refractivity contribution in [2.24, 2.45) is 4.99 Å². The maximum Gasteiger partial charge on any atom is 0.219 e. The van der Waals surface area contributed by atoms with Crippen molar-refractivity contribution in [3.05, 3.63) is 76.4 Å². The predicted octanol–water partition coefficient (Wildman–Crippen LogP) is 3.94. The molecule has 26 heavy (non-hydrogen) atoms. The second-order valence-electron chi connectivity index (χ2n) is 5.48. The van der Waals surface area contributed by atoms with E-state index in [0.29, 0.717) is 18.2 Å². The molecular formula is C19H19FN4OS. The van der Waals surface area contributed by atoms with Gasteiger partial charge in [0.25, 0.3) is 0 Å². The molecule has 0 saturated heterocycles. The number of hydrogen-bond acceptors (Lipinski definition) is 4. The molecule has 134 valence electrons. The molecule has 2 aromatic heterocycles. The first-order chi connectivity index (χ1) is 12.7. The number of nitrogens with one attached hydrogen (secondary N) is 2. The number of aromatic nitrogens is 1. The van der Waals surface area contributed by atoms with Gasteiger partial charge in [0, 0.05) is 38.5 Å². The van der Waals surface area contributed by atoms with Crippen LogP contribution in [0.5, 0.6) is 11.6 Å². The Hall–Kier alpha value is -2.93.